The smallest absolute Gasteiger partial charge is 0.251 e. The van der Waals surface area contributed by atoms with Crippen molar-refractivity contribution in [2.24, 2.45) is 0 Å². The summed E-state index contributed by atoms with van der Waals surface area (Å²) in [4.78, 5) is 15.4. The number of nitrogens with zero attached hydrogens (tertiary/aromatic N) is 2. The van der Waals surface area contributed by atoms with E-state index in [4.69, 9.17) is 9.47 Å². The van der Waals surface area contributed by atoms with Gasteiger partial charge in [-0.25, -0.2) is 8.42 Å². The fourth-order valence-electron chi connectivity index (χ4n) is 4.08. The molecule has 1 N–H and O–H groups in total. The Morgan fingerprint density at radius 1 is 0.939 bits per heavy atom. The molecule has 0 spiro atoms. The van der Waals surface area contributed by atoms with E-state index >= 15 is 0 Å². The molecule has 0 bridgehead atoms. The van der Waals surface area contributed by atoms with Gasteiger partial charge < -0.3 is 14.8 Å². The van der Waals surface area contributed by atoms with Gasteiger partial charge in [0.1, 0.15) is 0 Å². The molecule has 2 aromatic carbocycles. The van der Waals surface area contributed by atoms with Gasteiger partial charge in [0.2, 0.25) is 10.0 Å². The molecule has 2 fully saturated rings. The van der Waals surface area contributed by atoms with Gasteiger partial charge in [0.05, 0.1) is 31.3 Å². The number of morpholine rings is 2. The van der Waals surface area contributed by atoms with Gasteiger partial charge in [-0.3, -0.25) is 9.69 Å². The molecule has 2 heterocycles. The Bertz CT molecular complexity index is 1080. The number of rotatable bonds is 7. The Morgan fingerprint density at radius 3 is 2.33 bits per heavy atom. The maximum atomic E-state index is 13.0. The van der Waals surface area contributed by atoms with E-state index in [-0.39, 0.29) is 10.8 Å². The van der Waals surface area contributed by atoms with E-state index in [1.807, 2.05) is 19.1 Å². The van der Waals surface area contributed by atoms with Crippen LogP contribution in [0.3, 0.4) is 0 Å². The zero-order chi connectivity index (χ0) is 23.3. The van der Waals surface area contributed by atoms with Crippen LogP contribution in [0, 0.1) is 6.92 Å². The number of ether oxygens (including phenoxy) is 2. The first-order valence-electron chi connectivity index (χ1n) is 11.3. The minimum Gasteiger partial charge on any atom is -0.379 e. The summed E-state index contributed by atoms with van der Waals surface area (Å²) in [5.74, 6) is -0.287. The van der Waals surface area contributed by atoms with Crippen molar-refractivity contribution in [1.29, 1.82) is 0 Å². The SMILES string of the molecule is Cc1ccc(S(=O)(=O)N2CCOCC2)cc1C(=O)NCc1cccc(CN2CCOCC2)c1. The standard InChI is InChI=1S/C24H31N3O5S/c1-19-5-6-22(33(29,30)27-9-13-32-14-10-27)16-23(19)24(28)25-17-20-3-2-4-21(15-20)18-26-7-11-31-12-8-26/h2-6,15-16H,7-14,17-18H2,1H3,(H,25,28). The van der Waals surface area contributed by atoms with Crippen molar-refractivity contribution < 1.29 is 22.7 Å². The second-order valence-corrected chi connectivity index (χ2v) is 10.3. The Kier molecular flexibility index (Phi) is 7.77. The monoisotopic (exact) mass is 473 g/mol. The van der Waals surface area contributed by atoms with Gasteiger partial charge >= 0.3 is 0 Å². The largest absolute Gasteiger partial charge is 0.379 e. The molecular formula is C24H31N3O5S. The van der Waals surface area contributed by atoms with Crippen molar-refractivity contribution in [3.05, 3.63) is 64.7 Å². The van der Waals surface area contributed by atoms with E-state index in [9.17, 15) is 13.2 Å². The summed E-state index contributed by atoms with van der Waals surface area (Å²) in [7, 11) is -3.66. The molecule has 0 aromatic heterocycles. The minimum absolute atomic E-state index is 0.132. The average Bonchev–Trinajstić information content (AvgIpc) is 2.84. The highest BCUT2D eigenvalue weighted by molar-refractivity contribution is 7.89. The Balaban J connectivity index is 1.42. The van der Waals surface area contributed by atoms with Crippen molar-refractivity contribution in [3.63, 3.8) is 0 Å². The van der Waals surface area contributed by atoms with Crippen LogP contribution >= 0.6 is 0 Å². The van der Waals surface area contributed by atoms with Gasteiger partial charge in [-0.2, -0.15) is 4.31 Å². The van der Waals surface area contributed by atoms with Crippen LogP contribution in [-0.2, 0) is 32.6 Å². The van der Waals surface area contributed by atoms with Gasteiger partial charge in [-0.1, -0.05) is 30.3 Å². The predicted octanol–water partition coefficient (Wildman–Crippen LogP) is 1.78. The number of benzene rings is 2. The number of aryl methyl sites for hydroxylation is 1. The van der Waals surface area contributed by atoms with Crippen molar-refractivity contribution in [3.8, 4) is 0 Å². The van der Waals surface area contributed by atoms with Crippen molar-refractivity contribution in [2.45, 2.75) is 24.9 Å². The van der Waals surface area contributed by atoms with E-state index in [1.165, 1.54) is 15.9 Å². The van der Waals surface area contributed by atoms with E-state index < -0.39 is 10.0 Å². The van der Waals surface area contributed by atoms with Gasteiger partial charge in [0.15, 0.2) is 0 Å². The first kappa shape index (κ1) is 23.8. The lowest BCUT2D eigenvalue weighted by Crippen LogP contribution is -2.40. The molecule has 0 atom stereocenters. The van der Waals surface area contributed by atoms with E-state index in [1.54, 1.807) is 12.1 Å². The summed E-state index contributed by atoms with van der Waals surface area (Å²) in [5.41, 5.74) is 3.30. The molecule has 2 aromatic rings. The first-order valence-corrected chi connectivity index (χ1v) is 12.7. The average molecular weight is 474 g/mol. The highest BCUT2D eigenvalue weighted by Gasteiger charge is 2.27. The maximum absolute atomic E-state index is 13.0. The number of hydrogen-bond donors (Lipinski definition) is 1. The van der Waals surface area contributed by atoms with Crippen LogP contribution < -0.4 is 5.32 Å². The van der Waals surface area contributed by atoms with Crippen molar-refractivity contribution >= 4 is 15.9 Å². The summed E-state index contributed by atoms with van der Waals surface area (Å²) in [6.45, 7) is 7.78. The van der Waals surface area contributed by atoms with Crippen LogP contribution in [0.15, 0.2) is 47.4 Å². The molecule has 0 unspecified atom stereocenters. The van der Waals surface area contributed by atoms with E-state index in [0.717, 1.165) is 44.0 Å². The van der Waals surface area contributed by atoms with Gasteiger partial charge in [0, 0.05) is 44.8 Å². The molecule has 178 valence electrons. The number of sulfonamides is 1. The fourth-order valence-corrected chi connectivity index (χ4v) is 5.51. The molecule has 9 heteroatoms. The molecule has 1 amide bonds. The molecule has 2 saturated heterocycles. The number of carbonyl (C=O) groups excluding carboxylic acids is 1. The zero-order valence-electron chi connectivity index (χ0n) is 19.0. The second-order valence-electron chi connectivity index (χ2n) is 8.38. The molecular weight excluding hydrogens is 442 g/mol. The summed E-state index contributed by atoms with van der Waals surface area (Å²) in [6.07, 6.45) is 0. The lowest BCUT2D eigenvalue weighted by atomic mass is 10.1. The number of carbonyl (C=O) groups is 1. The van der Waals surface area contributed by atoms with Crippen LogP contribution in [0.1, 0.15) is 27.0 Å². The quantitative estimate of drug-likeness (QED) is 0.660. The highest BCUT2D eigenvalue weighted by atomic mass is 32.2. The van der Waals surface area contributed by atoms with E-state index in [2.05, 4.69) is 22.3 Å². The fraction of sp³-hybridized carbons (Fsp3) is 0.458. The zero-order valence-corrected chi connectivity index (χ0v) is 19.8. The third-order valence-electron chi connectivity index (χ3n) is 6.02. The highest BCUT2D eigenvalue weighted by Crippen LogP contribution is 2.21. The lowest BCUT2D eigenvalue weighted by Gasteiger charge is -2.26. The molecule has 0 aliphatic carbocycles. The van der Waals surface area contributed by atoms with Crippen LogP contribution in [0.2, 0.25) is 0 Å². The lowest BCUT2D eigenvalue weighted by molar-refractivity contribution is 0.0342. The van der Waals surface area contributed by atoms with Crippen LogP contribution in [0.4, 0.5) is 0 Å². The van der Waals surface area contributed by atoms with Gasteiger partial charge in [0.25, 0.3) is 5.91 Å². The predicted molar refractivity (Wildman–Crippen MR) is 124 cm³/mol. The molecule has 0 saturated carbocycles. The van der Waals surface area contributed by atoms with Crippen molar-refractivity contribution in [2.75, 3.05) is 52.6 Å². The van der Waals surface area contributed by atoms with Crippen LogP contribution in [0.25, 0.3) is 0 Å². The molecule has 4 rings (SSSR count). The second kappa shape index (κ2) is 10.8. The van der Waals surface area contributed by atoms with Crippen LogP contribution in [-0.4, -0.2) is 76.1 Å². The third kappa shape index (κ3) is 5.99. The Hall–Kier alpha value is -2.30. The molecule has 33 heavy (non-hydrogen) atoms. The van der Waals surface area contributed by atoms with Gasteiger partial charge in [-0.15, -0.1) is 0 Å². The third-order valence-corrected chi connectivity index (χ3v) is 7.91. The number of hydrogen-bond acceptors (Lipinski definition) is 6. The minimum atomic E-state index is -3.66. The number of nitrogens with one attached hydrogen (secondary N) is 1. The summed E-state index contributed by atoms with van der Waals surface area (Å²) in [6, 6.07) is 12.9. The Labute approximate surface area is 195 Å². The summed E-state index contributed by atoms with van der Waals surface area (Å²) < 4.78 is 38.0. The van der Waals surface area contributed by atoms with Gasteiger partial charge in [-0.05, 0) is 35.7 Å². The maximum Gasteiger partial charge on any atom is 0.251 e. The molecule has 8 nitrogen and oxygen atoms in total. The normalized spacial score (nSPS) is 18.2. The Morgan fingerprint density at radius 2 is 1.61 bits per heavy atom. The summed E-state index contributed by atoms with van der Waals surface area (Å²) >= 11 is 0. The number of amides is 1. The molecule has 2 aliphatic rings. The van der Waals surface area contributed by atoms with Crippen LogP contribution in [0.5, 0.6) is 0 Å². The van der Waals surface area contributed by atoms with Crippen molar-refractivity contribution in [1.82, 2.24) is 14.5 Å². The molecule has 2 aliphatic heterocycles. The molecule has 0 radical (unpaired) electrons. The topological polar surface area (TPSA) is 88.2 Å². The van der Waals surface area contributed by atoms with E-state index in [0.29, 0.717) is 38.4 Å². The first-order chi connectivity index (χ1) is 15.9. The summed E-state index contributed by atoms with van der Waals surface area (Å²) in [5, 5.41) is 2.94.